The molecule has 6 nitrogen and oxygen atoms in total. The number of para-hydroxylation sites is 1. The molecule has 0 aliphatic carbocycles. The van der Waals surface area contributed by atoms with Gasteiger partial charge in [-0.05, 0) is 42.2 Å². The van der Waals surface area contributed by atoms with Gasteiger partial charge in [-0.1, -0.05) is 38.1 Å². The van der Waals surface area contributed by atoms with E-state index in [1.54, 1.807) is 12.1 Å². The largest absolute Gasteiger partial charge is 0.321 e. The molecule has 1 aliphatic rings. The highest BCUT2D eigenvalue weighted by atomic mass is 19.1. The van der Waals surface area contributed by atoms with E-state index in [4.69, 9.17) is 0 Å². The number of rotatable bonds is 8. The van der Waals surface area contributed by atoms with Crippen LogP contribution in [0.5, 0.6) is 0 Å². The monoisotopic (exact) mass is 428 g/mol. The summed E-state index contributed by atoms with van der Waals surface area (Å²) in [5.41, 5.74) is 3.78. The molecule has 2 aromatic carbocycles. The molecule has 0 bridgehead atoms. The van der Waals surface area contributed by atoms with Gasteiger partial charge in [0.2, 0.25) is 0 Å². The predicted octanol–water partition coefficient (Wildman–Crippen LogP) is 0.311. The molecule has 0 saturated carbocycles. The van der Waals surface area contributed by atoms with Crippen LogP contribution < -0.4 is 20.4 Å². The lowest BCUT2D eigenvalue weighted by atomic mass is 10.0. The second-order valence-corrected chi connectivity index (χ2v) is 8.12. The van der Waals surface area contributed by atoms with Crippen LogP contribution in [0.15, 0.2) is 42.5 Å². The van der Waals surface area contributed by atoms with Crippen LogP contribution in [0.3, 0.4) is 0 Å². The van der Waals surface area contributed by atoms with Crippen molar-refractivity contribution >= 4 is 23.2 Å². The predicted molar refractivity (Wildman–Crippen MR) is 120 cm³/mol. The lowest BCUT2D eigenvalue weighted by Crippen LogP contribution is -3.28. The smallest absolute Gasteiger partial charge is 0.279 e. The third-order valence-electron chi connectivity index (χ3n) is 5.86. The highest BCUT2D eigenvalue weighted by Crippen LogP contribution is 2.22. The Labute approximate surface area is 183 Å². The molecule has 1 fully saturated rings. The second-order valence-electron chi connectivity index (χ2n) is 8.12. The van der Waals surface area contributed by atoms with Gasteiger partial charge in [-0.25, -0.2) is 4.39 Å². The van der Waals surface area contributed by atoms with Crippen LogP contribution in [0.2, 0.25) is 0 Å². The Morgan fingerprint density at radius 1 is 0.839 bits per heavy atom. The number of halogens is 1. The quantitative estimate of drug-likeness (QED) is 0.489. The van der Waals surface area contributed by atoms with Gasteiger partial charge in [-0.15, -0.1) is 0 Å². The topological polar surface area (TPSA) is 67.1 Å². The second kappa shape index (κ2) is 11.0. The Morgan fingerprint density at radius 2 is 1.35 bits per heavy atom. The van der Waals surface area contributed by atoms with E-state index in [0.29, 0.717) is 18.8 Å². The third kappa shape index (κ3) is 6.60. The van der Waals surface area contributed by atoms with Crippen LogP contribution in [0, 0.1) is 5.82 Å². The third-order valence-corrected chi connectivity index (χ3v) is 5.86. The molecule has 1 saturated heterocycles. The van der Waals surface area contributed by atoms with Crippen molar-refractivity contribution in [1.29, 1.82) is 0 Å². The zero-order chi connectivity index (χ0) is 22.2. The van der Waals surface area contributed by atoms with Crippen molar-refractivity contribution in [1.82, 2.24) is 0 Å². The van der Waals surface area contributed by atoms with Crippen molar-refractivity contribution in [2.24, 2.45) is 0 Å². The molecule has 1 heterocycles. The Balaban J connectivity index is 1.45. The first-order valence-corrected chi connectivity index (χ1v) is 11.1. The van der Waals surface area contributed by atoms with Gasteiger partial charge >= 0.3 is 0 Å². The summed E-state index contributed by atoms with van der Waals surface area (Å²) in [5.74, 6) is -0.448. The first-order valence-electron chi connectivity index (χ1n) is 11.1. The lowest BCUT2D eigenvalue weighted by Gasteiger charge is -2.29. The molecule has 0 radical (unpaired) electrons. The van der Waals surface area contributed by atoms with Crippen LogP contribution in [-0.2, 0) is 22.4 Å². The number of amides is 2. The van der Waals surface area contributed by atoms with Gasteiger partial charge in [0, 0.05) is 11.4 Å². The fourth-order valence-electron chi connectivity index (χ4n) is 4.12. The van der Waals surface area contributed by atoms with E-state index in [1.807, 2.05) is 6.07 Å². The molecule has 2 aromatic rings. The number of hydrogen-bond acceptors (Lipinski definition) is 2. The first kappa shape index (κ1) is 22.9. The molecule has 1 aliphatic heterocycles. The number of piperazine rings is 1. The molecule has 0 atom stereocenters. The van der Waals surface area contributed by atoms with Crippen molar-refractivity contribution in [3.63, 3.8) is 0 Å². The molecule has 4 N–H and O–H groups in total. The van der Waals surface area contributed by atoms with Crippen molar-refractivity contribution in [2.45, 2.75) is 26.7 Å². The number of anilines is 2. The summed E-state index contributed by atoms with van der Waals surface area (Å²) in [6.07, 6.45) is 1.77. The Hall–Kier alpha value is -2.77. The molecule has 31 heavy (non-hydrogen) atoms. The van der Waals surface area contributed by atoms with E-state index in [1.165, 1.54) is 33.1 Å². The number of quaternary nitrogens is 2. The fourth-order valence-corrected chi connectivity index (χ4v) is 4.12. The van der Waals surface area contributed by atoms with E-state index < -0.39 is 0 Å². The maximum Gasteiger partial charge on any atom is 0.279 e. The molecule has 166 valence electrons. The minimum absolute atomic E-state index is 0.0397. The summed E-state index contributed by atoms with van der Waals surface area (Å²) >= 11 is 0. The van der Waals surface area contributed by atoms with Gasteiger partial charge < -0.3 is 20.4 Å². The number of carbonyl (C=O) groups is 2. The molecule has 3 rings (SSSR count). The number of aryl methyl sites for hydroxylation is 2. The standard InChI is InChI=1S/C24H31FN4O2/c1-3-18-7-5-8-19(4-2)24(18)27-23(31)17-29-13-11-28(12-14-29)16-22(30)26-21-10-6-9-20(25)15-21/h5-10,15H,3-4,11-14,16-17H2,1-2H3,(H,26,30)(H,27,31)/p+2. The summed E-state index contributed by atoms with van der Waals surface area (Å²) < 4.78 is 13.3. The number of hydrogen-bond donors (Lipinski definition) is 4. The van der Waals surface area contributed by atoms with Crippen LogP contribution >= 0.6 is 0 Å². The first-order chi connectivity index (χ1) is 15.0. The Bertz CT molecular complexity index is 888. The molecular formula is C24H33FN4O2+2. The average Bonchev–Trinajstić information content (AvgIpc) is 2.75. The van der Waals surface area contributed by atoms with E-state index >= 15 is 0 Å². The summed E-state index contributed by atoms with van der Waals surface area (Å²) in [6, 6.07) is 12.1. The van der Waals surface area contributed by atoms with Crippen molar-refractivity contribution < 1.29 is 23.8 Å². The van der Waals surface area contributed by atoms with Crippen LogP contribution in [0.4, 0.5) is 15.8 Å². The molecule has 2 amide bonds. The van der Waals surface area contributed by atoms with E-state index in [-0.39, 0.29) is 17.6 Å². The molecule has 0 unspecified atom stereocenters. The van der Waals surface area contributed by atoms with Gasteiger partial charge in [-0.3, -0.25) is 9.59 Å². The van der Waals surface area contributed by atoms with Crippen LogP contribution in [0.25, 0.3) is 0 Å². The molecule has 0 aromatic heterocycles. The summed E-state index contributed by atoms with van der Waals surface area (Å²) in [6.45, 7) is 8.31. The fraction of sp³-hybridized carbons (Fsp3) is 0.417. The van der Waals surface area contributed by atoms with E-state index in [9.17, 15) is 14.0 Å². The number of carbonyl (C=O) groups excluding carboxylic acids is 2. The van der Waals surface area contributed by atoms with Gasteiger partial charge in [-0.2, -0.15) is 0 Å². The van der Waals surface area contributed by atoms with Crippen LogP contribution in [0.1, 0.15) is 25.0 Å². The van der Waals surface area contributed by atoms with Gasteiger partial charge in [0.25, 0.3) is 11.8 Å². The van der Waals surface area contributed by atoms with E-state index in [2.05, 4.69) is 36.6 Å². The minimum atomic E-state index is -0.367. The summed E-state index contributed by atoms with van der Waals surface area (Å²) in [4.78, 5) is 27.3. The van der Waals surface area contributed by atoms with Crippen molar-refractivity contribution in [3.8, 4) is 0 Å². The normalized spacial score (nSPS) is 18.4. The summed E-state index contributed by atoms with van der Waals surface area (Å²) in [7, 11) is 0. The zero-order valence-corrected chi connectivity index (χ0v) is 18.4. The highest BCUT2D eigenvalue weighted by Gasteiger charge is 2.26. The highest BCUT2D eigenvalue weighted by molar-refractivity contribution is 5.93. The van der Waals surface area contributed by atoms with Crippen LogP contribution in [-0.4, -0.2) is 51.1 Å². The lowest BCUT2D eigenvalue weighted by molar-refractivity contribution is -1.00. The Morgan fingerprint density at radius 3 is 1.87 bits per heavy atom. The maximum atomic E-state index is 13.3. The zero-order valence-electron chi connectivity index (χ0n) is 18.4. The molecular weight excluding hydrogens is 395 g/mol. The summed E-state index contributed by atoms with van der Waals surface area (Å²) in [5, 5.41) is 5.89. The number of nitrogens with one attached hydrogen (secondary N) is 4. The van der Waals surface area contributed by atoms with Gasteiger partial charge in [0.05, 0.1) is 0 Å². The maximum absolute atomic E-state index is 13.3. The molecule has 0 spiro atoms. The Kier molecular flexibility index (Phi) is 8.14. The average molecular weight is 429 g/mol. The van der Waals surface area contributed by atoms with Crippen molar-refractivity contribution in [3.05, 3.63) is 59.4 Å². The van der Waals surface area contributed by atoms with Gasteiger partial charge in [0.1, 0.15) is 32.0 Å². The van der Waals surface area contributed by atoms with E-state index in [0.717, 1.165) is 44.7 Å². The van der Waals surface area contributed by atoms with Crippen molar-refractivity contribution in [2.75, 3.05) is 49.9 Å². The minimum Gasteiger partial charge on any atom is -0.321 e. The SMILES string of the molecule is CCc1cccc(CC)c1NC(=O)C[NH+]1CC[NH+](CC(=O)Nc2cccc(F)c2)CC1. The molecule has 7 heteroatoms. The number of benzene rings is 2. The van der Waals surface area contributed by atoms with Gasteiger partial charge in [0.15, 0.2) is 13.1 Å².